The molecule has 0 aromatic carbocycles. The van der Waals surface area contributed by atoms with Gasteiger partial charge in [-0.05, 0) is 18.9 Å². The maximum absolute atomic E-state index is 10.9. The fourth-order valence-electron chi connectivity index (χ4n) is 1.64. The zero-order valence-electron chi connectivity index (χ0n) is 8.56. The average molecular weight is 205 g/mol. The van der Waals surface area contributed by atoms with Crippen molar-refractivity contribution in [3.05, 3.63) is 29.2 Å². The number of fused-ring (bicyclic) bond motifs is 1. The van der Waals surface area contributed by atoms with E-state index in [1.54, 1.807) is 10.7 Å². The molecule has 0 saturated heterocycles. The molecule has 2 aromatic heterocycles. The summed E-state index contributed by atoms with van der Waals surface area (Å²) < 4.78 is 1.60. The van der Waals surface area contributed by atoms with Gasteiger partial charge in [0.25, 0.3) is 0 Å². The highest BCUT2D eigenvalue weighted by molar-refractivity contribution is 5.94. The zero-order chi connectivity index (χ0) is 11.0. The van der Waals surface area contributed by atoms with Gasteiger partial charge in [0.15, 0.2) is 5.65 Å². The summed E-state index contributed by atoms with van der Waals surface area (Å²) in [6, 6.07) is 0. The van der Waals surface area contributed by atoms with E-state index < -0.39 is 5.97 Å². The van der Waals surface area contributed by atoms with Crippen molar-refractivity contribution in [3.8, 4) is 0 Å². The van der Waals surface area contributed by atoms with Gasteiger partial charge in [-0.3, -0.25) is 0 Å². The van der Waals surface area contributed by atoms with Crippen molar-refractivity contribution < 1.29 is 9.90 Å². The molecule has 0 atom stereocenters. The molecule has 0 aliphatic rings. The van der Waals surface area contributed by atoms with Gasteiger partial charge in [-0.2, -0.15) is 5.10 Å². The first kappa shape index (κ1) is 9.64. The summed E-state index contributed by atoms with van der Waals surface area (Å²) in [5.41, 5.74) is 2.56. The fourth-order valence-corrected chi connectivity index (χ4v) is 1.64. The van der Waals surface area contributed by atoms with Crippen molar-refractivity contribution in [1.29, 1.82) is 0 Å². The normalized spacial score (nSPS) is 10.8. The van der Waals surface area contributed by atoms with Crippen LogP contribution in [0.2, 0.25) is 0 Å². The summed E-state index contributed by atoms with van der Waals surface area (Å²) in [6.07, 6.45) is 3.82. The van der Waals surface area contributed by atoms with Gasteiger partial charge in [-0.15, -0.1) is 0 Å². The van der Waals surface area contributed by atoms with Crippen LogP contribution in [0.25, 0.3) is 5.65 Å². The standard InChI is InChI=1S/C10H11N3O2/c1-3-8-6(2)4-11-9-7(10(14)15)5-12-13(8)9/h4-5H,3H2,1-2H3,(H,14,15). The van der Waals surface area contributed by atoms with Crippen LogP contribution in [0.5, 0.6) is 0 Å². The van der Waals surface area contributed by atoms with Gasteiger partial charge in [0.2, 0.25) is 0 Å². The number of nitrogens with zero attached hydrogens (tertiary/aromatic N) is 3. The molecule has 0 unspecified atom stereocenters. The minimum Gasteiger partial charge on any atom is -0.477 e. The summed E-state index contributed by atoms with van der Waals surface area (Å²) in [6.45, 7) is 3.94. The minimum atomic E-state index is -0.997. The van der Waals surface area contributed by atoms with E-state index in [0.717, 1.165) is 17.7 Å². The molecule has 0 radical (unpaired) electrons. The Balaban J connectivity index is 2.80. The number of carbonyl (C=O) groups is 1. The van der Waals surface area contributed by atoms with Gasteiger partial charge in [0.1, 0.15) is 5.56 Å². The second-order valence-corrected chi connectivity index (χ2v) is 3.34. The average Bonchev–Trinajstić information content (AvgIpc) is 2.61. The molecule has 0 aliphatic carbocycles. The van der Waals surface area contributed by atoms with E-state index in [0.29, 0.717) is 5.65 Å². The van der Waals surface area contributed by atoms with E-state index in [4.69, 9.17) is 5.11 Å². The number of carboxylic acid groups (broad SMARTS) is 1. The second-order valence-electron chi connectivity index (χ2n) is 3.34. The van der Waals surface area contributed by atoms with Gasteiger partial charge in [0.05, 0.1) is 6.20 Å². The molecule has 0 aliphatic heterocycles. The molecular formula is C10H11N3O2. The fraction of sp³-hybridized carbons (Fsp3) is 0.300. The van der Waals surface area contributed by atoms with Crippen LogP contribution in [-0.4, -0.2) is 25.7 Å². The monoisotopic (exact) mass is 205 g/mol. The van der Waals surface area contributed by atoms with E-state index in [9.17, 15) is 4.79 Å². The van der Waals surface area contributed by atoms with Crippen molar-refractivity contribution in [3.63, 3.8) is 0 Å². The Hall–Kier alpha value is -1.91. The molecule has 1 N–H and O–H groups in total. The number of aromatic carboxylic acids is 1. The van der Waals surface area contributed by atoms with Gasteiger partial charge in [-0.1, -0.05) is 6.92 Å². The summed E-state index contributed by atoms with van der Waals surface area (Å²) in [4.78, 5) is 15.0. The SMILES string of the molecule is CCc1c(C)cnc2c(C(=O)O)cnn12. The first-order valence-corrected chi connectivity index (χ1v) is 4.70. The van der Waals surface area contributed by atoms with Crippen molar-refractivity contribution in [2.45, 2.75) is 20.3 Å². The van der Waals surface area contributed by atoms with Crippen LogP contribution in [0.3, 0.4) is 0 Å². The second kappa shape index (κ2) is 3.34. The van der Waals surface area contributed by atoms with Crippen LogP contribution in [0, 0.1) is 6.92 Å². The van der Waals surface area contributed by atoms with Gasteiger partial charge < -0.3 is 5.11 Å². The Morgan fingerprint density at radius 3 is 2.87 bits per heavy atom. The Bertz CT molecular complexity index is 531. The molecule has 5 nitrogen and oxygen atoms in total. The lowest BCUT2D eigenvalue weighted by Crippen LogP contribution is -2.03. The third-order valence-electron chi connectivity index (χ3n) is 2.40. The summed E-state index contributed by atoms with van der Waals surface area (Å²) >= 11 is 0. The molecule has 15 heavy (non-hydrogen) atoms. The van der Waals surface area contributed by atoms with Crippen molar-refractivity contribution in [2.75, 3.05) is 0 Å². The molecule has 0 bridgehead atoms. The molecule has 2 aromatic rings. The highest BCUT2D eigenvalue weighted by Crippen LogP contribution is 2.13. The van der Waals surface area contributed by atoms with Gasteiger partial charge >= 0.3 is 5.97 Å². The first-order valence-electron chi connectivity index (χ1n) is 4.70. The lowest BCUT2D eigenvalue weighted by Gasteiger charge is -2.04. The van der Waals surface area contributed by atoms with Gasteiger partial charge in [-0.25, -0.2) is 14.3 Å². The molecular weight excluding hydrogens is 194 g/mol. The van der Waals surface area contributed by atoms with Crippen molar-refractivity contribution in [2.24, 2.45) is 0 Å². The van der Waals surface area contributed by atoms with E-state index in [-0.39, 0.29) is 5.56 Å². The largest absolute Gasteiger partial charge is 0.477 e. The van der Waals surface area contributed by atoms with Crippen LogP contribution in [0.1, 0.15) is 28.5 Å². The van der Waals surface area contributed by atoms with Crippen LogP contribution in [-0.2, 0) is 6.42 Å². The molecule has 78 valence electrons. The Morgan fingerprint density at radius 2 is 2.27 bits per heavy atom. The van der Waals surface area contributed by atoms with Crippen LogP contribution in [0.4, 0.5) is 0 Å². The number of aryl methyl sites for hydroxylation is 2. The highest BCUT2D eigenvalue weighted by atomic mass is 16.4. The van der Waals surface area contributed by atoms with Crippen molar-refractivity contribution in [1.82, 2.24) is 14.6 Å². The lowest BCUT2D eigenvalue weighted by molar-refractivity contribution is 0.0699. The molecule has 0 fully saturated rings. The van der Waals surface area contributed by atoms with E-state index in [2.05, 4.69) is 10.1 Å². The molecule has 0 spiro atoms. The van der Waals surface area contributed by atoms with Crippen molar-refractivity contribution >= 4 is 11.6 Å². The maximum Gasteiger partial charge on any atom is 0.341 e. The van der Waals surface area contributed by atoms with Crippen LogP contribution < -0.4 is 0 Å². The molecule has 2 heterocycles. The smallest absolute Gasteiger partial charge is 0.341 e. The Kier molecular flexibility index (Phi) is 2.15. The predicted octanol–water partition coefficient (Wildman–Crippen LogP) is 1.30. The van der Waals surface area contributed by atoms with Crippen LogP contribution >= 0.6 is 0 Å². The molecule has 2 rings (SSSR count). The number of carboxylic acids is 1. The highest BCUT2D eigenvalue weighted by Gasteiger charge is 2.14. The molecule has 0 saturated carbocycles. The zero-order valence-corrected chi connectivity index (χ0v) is 8.56. The molecule has 0 amide bonds. The maximum atomic E-state index is 10.9. The summed E-state index contributed by atoms with van der Waals surface area (Å²) in [5, 5.41) is 13.0. The minimum absolute atomic E-state index is 0.143. The summed E-state index contributed by atoms with van der Waals surface area (Å²) in [7, 11) is 0. The number of hydrogen-bond acceptors (Lipinski definition) is 3. The van der Waals surface area contributed by atoms with Crippen LogP contribution in [0.15, 0.2) is 12.4 Å². The van der Waals surface area contributed by atoms with Gasteiger partial charge in [0, 0.05) is 11.9 Å². The number of rotatable bonds is 2. The van der Waals surface area contributed by atoms with E-state index in [1.807, 2.05) is 13.8 Å². The Labute approximate surface area is 86.4 Å². The van der Waals surface area contributed by atoms with E-state index >= 15 is 0 Å². The molecule has 5 heteroatoms. The topological polar surface area (TPSA) is 67.5 Å². The quantitative estimate of drug-likeness (QED) is 0.802. The van der Waals surface area contributed by atoms with E-state index in [1.165, 1.54) is 6.20 Å². The Morgan fingerprint density at radius 1 is 1.53 bits per heavy atom. The summed E-state index contributed by atoms with van der Waals surface area (Å²) in [5.74, 6) is -0.997. The first-order chi connectivity index (χ1) is 7.15. The third kappa shape index (κ3) is 1.36. The number of hydrogen-bond donors (Lipinski definition) is 1. The number of aromatic nitrogens is 3. The third-order valence-corrected chi connectivity index (χ3v) is 2.40. The predicted molar refractivity (Wildman–Crippen MR) is 54.1 cm³/mol. The lowest BCUT2D eigenvalue weighted by atomic mass is 10.2.